The quantitative estimate of drug-likeness (QED) is 0.328. The second-order valence-corrected chi connectivity index (χ2v) is 9.76. The van der Waals surface area contributed by atoms with Gasteiger partial charge in [0.25, 0.3) is 11.5 Å². The molecule has 5 aromatic rings. The Hall–Kier alpha value is -4.72. The van der Waals surface area contributed by atoms with Crippen molar-refractivity contribution in [2.24, 2.45) is 0 Å². The molecule has 8 heteroatoms. The molecule has 0 bridgehead atoms. The lowest BCUT2D eigenvalue weighted by Gasteiger charge is -2.12. The average molecular weight is 505 g/mol. The lowest BCUT2D eigenvalue weighted by atomic mass is 10.00. The van der Waals surface area contributed by atoms with Gasteiger partial charge >= 0.3 is 0 Å². The van der Waals surface area contributed by atoms with Crippen molar-refractivity contribution < 1.29 is 4.79 Å². The number of benzene rings is 2. The van der Waals surface area contributed by atoms with Crippen LogP contribution in [0.4, 0.5) is 11.5 Å². The number of pyridine rings is 1. The SMILES string of the molecule is Cc1cc(NC(=O)c2cccn(-c3ccccc3)c2=O)ccc1-c1cn(C2CCCC2)c2ncnc(N)c12. The molecule has 0 saturated heterocycles. The number of hydrogen-bond donors (Lipinski definition) is 2. The summed E-state index contributed by atoms with van der Waals surface area (Å²) in [6, 6.07) is 18.6. The highest BCUT2D eigenvalue weighted by atomic mass is 16.2. The maximum absolute atomic E-state index is 13.1. The molecule has 1 fully saturated rings. The summed E-state index contributed by atoms with van der Waals surface area (Å²) >= 11 is 0. The number of nitrogens with one attached hydrogen (secondary N) is 1. The van der Waals surface area contributed by atoms with Gasteiger partial charge in [-0.3, -0.25) is 14.2 Å². The number of anilines is 2. The number of rotatable bonds is 5. The van der Waals surface area contributed by atoms with Gasteiger partial charge in [-0.1, -0.05) is 37.1 Å². The number of aromatic nitrogens is 4. The predicted molar refractivity (Wildman–Crippen MR) is 150 cm³/mol. The third kappa shape index (κ3) is 4.14. The van der Waals surface area contributed by atoms with Crippen molar-refractivity contribution in [2.45, 2.75) is 38.6 Å². The topological polar surface area (TPSA) is 108 Å². The molecule has 2 aromatic carbocycles. The van der Waals surface area contributed by atoms with E-state index in [4.69, 9.17) is 5.73 Å². The monoisotopic (exact) mass is 504 g/mol. The standard InChI is InChI=1S/C30H28N6O2/c1-19-16-20(34-29(37)24-12-7-15-35(30(24)38)21-8-3-2-4-9-21)13-14-23(19)25-17-36(22-10-5-6-11-22)28-26(25)27(31)32-18-33-28/h2-4,7-9,12-18,22H,5-6,10-11H2,1H3,(H,34,37)(H2,31,32,33). The zero-order valence-electron chi connectivity index (χ0n) is 21.1. The van der Waals surface area contributed by atoms with E-state index in [1.54, 1.807) is 18.3 Å². The van der Waals surface area contributed by atoms with Crippen LogP contribution in [-0.2, 0) is 0 Å². The van der Waals surface area contributed by atoms with Crippen LogP contribution in [0, 0.1) is 6.92 Å². The molecule has 0 radical (unpaired) electrons. The van der Waals surface area contributed by atoms with Crippen LogP contribution in [0.25, 0.3) is 27.8 Å². The van der Waals surface area contributed by atoms with Crippen LogP contribution >= 0.6 is 0 Å². The number of nitrogens with two attached hydrogens (primary N) is 1. The van der Waals surface area contributed by atoms with E-state index in [9.17, 15) is 9.59 Å². The Labute approximate surface area is 219 Å². The van der Waals surface area contributed by atoms with E-state index in [0.717, 1.165) is 40.6 Å². The first kappa shape index (κ1) is 23.7. The Balaban J connectivity index is 1.32. The number of para-hydroxylation sites is 1. The van der Waals surface area contributed by atoms with Gasteiger partial charge in [0.2, 0.25) is 0 Å². The van der Waals surface area contributed by atoms with Gasteiger partial charge in [-0.15, -0.1) is 0 Å². The summed E-state index contributed by atoms with van der Waals surface area (Å²) in [6.45, 7) is 1.99. The fraction of sp³-hybridized carbons (Fsp3) is 0.200. The van der Waals surface area contributed by atoms with E-state index in [1.807, 2.05) is 55.5 Å². The molecule has 0 spiro atoms. The zero-order chi connectivity index (χ0) is 26.2. The molecular weight excluding hydrogens is 476 g/mol. The van der Waals surface area contributed by atoms with Crippen LogP contribution in [0.3, 0.4) is 0 Å². The van der Waals surface area contributed by atoms with E-state index in [-0.39, 0.29) is 11.1 Å². The van der Waals surface area contributed by atoms with Crippen molar-refractivity contribution >= 4 is 28.4 Å². The van der Waals surface area contributed by atoms with Crippen LogP contribution in [-0.4, -0.2) is 25.0 Å². The van der Waals surface area contributed by atoms with E-state index in [1.165, 1.54) is 23.7 Å². The maximum Gasteiger partial charge on any atom is 0.267 e. The Morgan fingerprint density at radius 2 is 1.79 bits per heavy atom. The van der Waals surface area contributed by atoms with Crippen molar-refractivity contribution in [3.05, 3.63) is 101 Å². The molecule has 1 saturated carbocycles. The van der Waals surface area contributed by atoms with E-state index < -0.39 is 5.91 Å². The molecule has 1 aliphatic rings. The van der Waals surface area contributed by atoms with Gasteiger partial charge < -0.3 is 15.6 Å². The largest absolute Gasteiger partial charge is 0.383 e. The Kier molecular flexibility index (Phi) is 5.99. The predicted octanol–water partition coefficient (Wildman–Crippen LogP) is 5.51. The molecule has 3 heterocycles. The zero-order valence-corrected chi connectivity index (χ0v) is 21.1. The minimum atomic E-state index is -0.456. The van der Waals surface area contributed by atoms with Crippen molar-refractivity contribution in [3.63, 3.8) is 0 Å². The summed E-state index contributed by atoms with van der Waals surface area (Å²) in [4.78, 5) is 35.0. The summed E-state index contributed by atoms with van der Waals surface area (Å²) < 4.78 is 3.72. The first-order valence-electron chi connectivity index (χ1n) is 12.8. The molecule has 8 nitrogen and oxygen atoms in total. The number of amides is 1. The van der Waals surface area contributed by atoms with Crippen LogP contribution in [0.1, 0.15) is 47.6 Å². The fourth-order valence-electron chi connectivity index (χ4n) is 5.47. The highest BCUT2D eigenvalue weighted by Crippen LogP contribution is 2.39. The van der Waals surface area contributed by atoms with E-state index in [0.29, 0.717) is 23.2 Å². The minimum Gasteiger partial charge on any atom is -0.383 e. The van der Waals surface area contributed by atoms with Crippen LogP contribution < -0.4 is 16.6 Å². The molecule has 1 amide bonds. The third-order valence-corrected chi connectivity index (χ3v) is 7.36. The van der Waals surface area contributed by atoms with Gasteiger partial charge in [-0.2, -0.15) is 0 Å². The number of carbonyl (C=O) groups is 1. The summed E-state index contributed by atoms with van der Waals surface area (Å²) in [5, 5.41) is 3.74. The summed E-state index contributed by atoms with van der Waals surface area (Å²) in [7, 11) is 0. The smallest absolute Gasteiger partial charge is 0.267 e. The third-order valence-electron chi connectivity index (χ3n) is 7.36. The summed E-state index contributed by atoms with van der Waals surface area (Å²) in [5.74, 6) is 0.000195. The molecule has 1 aliphatic carbocycles. The summed E-state index contributed by atoms with van der Waals surface area (Å²) in [5.41, 5.74) is 11.1. The van der Waals surface area contributed by atoms with Gasteiger partial charge in [0, 0.05) is 35.4 Å². The van der Waals surface area contributed by atoms with Crippen LogP contribution in [0.5, 0.6) is 0 Å². The number of hydrogen-bond acceptors (Lipinski definition) is 5. The van der Waals surface area contributed by atoms with Gasteiger partial charge in [0.1, 0.15) is 23.4 Å². The van der Waals surface area contributed by atoms with Crippen molar-refractivity contribution in [2.75, 3.05) is 11.1 Å². The maximum atomic E-state index is 13.1. The van der Waals surface area contributed by atoms with Crippen LogP contribution in [0.2, 0.25) is 0 Å². The second kappa shape index (κ2) is 9.63. The van der Waals surface area contributed by atoms with Gasteiger partial charge in [-0.05, 0) is 67.3 Å². The molecule has 0 unspecified atom stereocenters. The Morgan fingerprint density at radius 1 is 1.00 bits per heavy atom. The minimum absolute atomic E-state index is 0.0719. The number of nitrogen functional groups attached to an aromatic ring is 1. The van der Waals surface area contributed by atoms with Crippen molar-refractivity contribution in [1.29, 1.82) is 0 Å². The van der Waals surface area contributed by atoms with Crippen LogP contribution in [0.15, 0.2) is 84.2 Å². The van der Waals surface area contributed by atoms with E-state index in [2.05, 4.69) is 26.0 Å². The lowest BCUT2D eigenvalue weighted by molar-refractivity contribution is 0.102. The molecule has 6 rings (SSSR count). The molecule has 0 aliphatic heterocycles. The second-order valence-electron chi connectivity index (χ2n) is 9.76. The number of nitrogens with zero attached hydrogens (tertiary/aromatic N) is 4. The molecule has 190 valence electrons. The first-order chi connectivity index (χ1) is 18.5. The highest BCUT2D eigenvalue weighted by Gasteiger charge is 2.23. The average Bonchev–Trinajstić information content (AvgIpc) is 3.58. The molecule has 0 atom stereocenters. The fourth-order valence-corrected chi connectivity index (χ4v) is 5.47. The molecular formula is C30H28N6O2. The number of aryl methyl sites for hydroxylation is 1. The number of fused-ring (bicyclic) bond motifs is 1. The molecule has 3 N–H and O–H groups in total. The number of carbonyl (C=O) groups excluding carboxylic acids is 1. The molecule has 38 heavy (non-hydrogen) atoms. The molecule has 3 aromatic heterocycles. The highest BCUT2D eigenvalue weighted by molar-refractivity contribution is 6.05. The first-order valence-corrected chi connectivity index (χ1v) is 12.8. The van der Waals surface area contributed by atoms with E-state index >= 15 is 0 Å². The summed E-state index contributed by atoms with van der Waals surface area (Å²) in [6.07, 6.45) is 10.0. The normalized spacial score (nSPS) is 13.7. The van der Waals surface area contributed by atoms with Gasteiger partial charge in [0.05, 0.1) is 5.39 Å². The Bertz CT molecular complexity index is 1710. The van der Waals surface area contributed by atoms with Crippen molar-refractivity contribution in [3.8, 4) is 16.8 Å². The lowest BCUT2D eigenvalue weighted by Crippen LogP contribution is -2.27. The van der Waals surface area contributed by atoms with Gasteiger partial charge in [-0.25, -0.2) is 9.97 Å². The van der Waals surface area contributed by atoms with Gasteiger partial charge in [0.15, 0.2) is 0 Å². The Morgan fingerprint density at radius 3 is 2.55 bits per heavy atom. The van der Waals surface area contributed by atoms with Crippen molar-refractivity contribution in [1.82, 2.24) is 19.1 Å².